The van der Waals surface area contributed by atoms with Crippen molar-refractivity contribution in [2.45, 2.75) is 71.4 Å². The quantitative estimate of drug-likeness (QED) is 0.138. The average molecular weight is 533 g/mol. The minimum atomic E-state index is -1.07. The number of methoxy groups -OCH3 is 2. The molecule has 1 aliphatic rings. The molecule has 1 aliphatic carbocycles. The molecule has 10 heteroatoms. The van der Waals surface area contributed by atoms with E-state index in [9.17, 15) is 18.8 Å². The number of aliphatic imine (C=N–C) groups is 1. The Morgan fingerprint density at radius 1 is 1.18 bits per heavy atom. The molecule has 1 fully saturated rings. The van der Waals surface area contributed by atoms with Crippen LogP contribution in [0, 0.1) is 11.7 Å². The van der Waals surface area contributed by atoms with Crippen LogP contribution in [0.4, 0.5) is 4.39 Å². The Morgan fingerprint density at radius 3 is 2.37 bits per heavy atom. The molecule has 1 N–H and O–H groups in total. The molecular formula is C28H37FN2O7. The van der Waals surface area contributed by atoms with Crippen molar-refractivity contribution < 1.29 is 37.7 Å². The summed E-state index contributed by atoms with van der Waals surface area (Å²) >= 11 is 0. The lowest BCUT2D eigenvalue weighted by Crippen LogP contribution is -2.42. The highest BCUT2D eigenvalue weighted by Crippen LogP contribution is 2.43. The number of esters is 2. The Hall–Kier alpha value is -3.69. The number of allylic oxidation sites excluding steroid dienone is 1. The predicted octanol–water partition coefficient (Wildman–Crippen LogP) is 4.57. The standard InChI is InChI=1S/C28H37FN2O7/c1-8-22(35-6)26(38-18(4)32)25(30-5)27(33)31-16(2)28(34)37-17(3)24(19-11-9-10-12-19)21-14-13-20(29)15-23(21)36-7/h8,13-17,19,24H,5,9-12H2,1-4,6-7H3,(H,31,33)/b22-8+,26-25+/t16-,17-,24-/m0/s1. The first kappa shape index (κ1) is 30.5. The number of rotatable bonds is 12. The SMILES string of the molecule is C=N/C(C(=O)N[C@@H](C)C(=O)O[C@@H](C)[C@H](c1ccc(F)cc1OC)C1CCCC1)=C(OC(C)=O)\C(=C/C)OC. The van der Waals surface area contributed by atoms with Crippen LogP contribution in [0.15, 0.2) is 46.5 Å². The first-order chi connectivity index (χ1) is 18.1. The van der Waals surface area contributed by atoms with Gasteiger partial charge >= 0.3 is 11.9 Å². The van der Waals surface area contributed by atoms with Gasteiger partial charge in [0.05, 0.1) is 14.2 Å². The Labute approximate surface area is 223 Å². The second-order valence-corrected chi connectivity index (χ2v) is 9.08. The molecule has 208 valence electrons. The van der Waals surface area contributed by atoms with Crippen LogP contribution in [-0.2, 0) is 28.6 Å². The number of ether oxygens (including phenoxy) is 4. The molecule has 3 atom stereocenters. The molecular weight excluding hydrogens is 495 g/mol. The van der Waals surface area contributed by atoms with Crippen molar-refractivity contribution in [1.29, 1.82) is 0 Å². The van der Waals surface area contributed by atoms with E-state index in [2.05, 4.69) is 17.0 Å². The van der Waals surface area contributed by atoms with Crippen molar-refractivity contribution >= 4 is 24.6 Å². The van der Waals surface area contributed by atoms with Gasteiger partial charge in [0.25, 0.3) is 5.91 Å². The fraction of sp³-hybridized carbons (Fsp3) is 0.500. The van der Waals surface area contributed by atoms with Crippen LogP contribution < -0.4 is 10.1 Å². The number of nitrogens with zero attached hydrogens (tertiary/aromatic N) is 1. The monoisotopic (exact) mass is 532 g/mol. The fourth-order valence-electron chi connectivity index (χ4n) is 4.80. The molecule has 0 spiro atoms. The van der Waals surface area contributed by atoms with Gasteiger partial charge in [-0.05, 0) is 58.4 Å². The van der Waals surface area contributed by atoms with Crippen molar-refractivity contribution in [3.05, 3.63) is 52.9 Å². The van der Waals surface area contributed by atoms with Gasteiger partial charge in [-0.15, -0.1) is 0 Å². The Balaban J connectivity index is 2.26. The second-order valence-electron chi connectivity index (χ2n) is 9.08. The summed E-state index contributed by atoms with van der Waals surface area (Å²) in [6, 6.07) is 3.29. The molecule has 1 amide bonds. The van der Waals surface area contributed by atoms with Gasteiger partial charge in [0.1, 0.15) is 23.7 Å². The Kier molecular flexibility index (Phi) is 11.5. The Morgan fingerprint density at radius 2 is 1.84 bits per heavy atom. The van der Waals surface area contributed by atoms with Crippen molar-refractivity contribution in [1.82, 2.24) is 5.32 Å². The molecule has 1 aromatic rings. The lowest BCUT2D eigenvalue weighted by molar-refractivity contribution is -0.153. The van der Waals surface area contributed by atoms with Gasteiger partial charge in [0.2, 0.25) is 5.76 Å². The molecule has 0 aliphatic heterocycles. The van der Waals surface area contributed by atoms with E-state index < -0.39 is 35.8 Å². The van der Waals surface area contributed by atoms with Crippen molar-refractivity contribution in [2.75, 3.05) is 14.2 Å². The van der Waals surface area contributed by atoms with E-state index in [1.54, 1.807) is 19.9 Å². The van der Waals surface area contributed by atoms with Gasteiger partial charge in [-0.2, -0.15) is 0 Å². The fourth-order valence-corrected chi connectivity index (χ4v) is 4.80. The predicted molar refractivity (Wildman–Crippen MR) is 140 cm³/mol. The topological polar surface area (TPSA) is 113 Å². The molecule has 1 aromatic carbocycles. The third-order valence-electron chi connectivity index (χ3n) is 6.51. The smallest absolute Gasteiger partial charge is 0.328 e. The van der Waals surface area contributed by atoms with Crippen LogP contribution in [0.2, 0.25) is 0 Å². The summed E-state index contributed by atoms with van der Waals surface area (Å²) in [6.45, 7) is 9.43. The second kappa shape index (κ2) is 14.3. The molecule has 2 rings (SSSR count). The van der Waals surface area contributed by atoms with Crippen LogP contribution in [-0.4, -0.2) is 50.9 Å². The molecule has 0 bridgehead atoms. The van der Waals surface area contributed by atoms with Crippen molar-refractivity contribution in [3.8, 4) is 5.75 Å². The number of hydrogen-bond acceptors (Lipinski definition) is 8. The first-order valence-corrected chi connectivity index (χ1v) is 12.5. The normalized spacial score (nSPS) is 17.0. The zero-order valence-electron chi connectivity index (χ0n) is 22.8. The maximum absolute atomic E-state index is 13.9. The van der Waals surface area contributed by atoms with Crippen LogP contribution in [0.25, 0.3) is 0 Å². The largest absolute Gasteiger partial charge is 0.496 e. The van der Waals surface area contributed by atoms with E-state index in [0.29, 0.717) is 5.75 Å². The van der Waals surface area contributed by atoms with E-state index in [0.717, 1.165) is 31.2 Å². The summed E-state index contributed by atoms with van der Waals surface area (Å²) < 4.78 is 35.4. The number of carbonyl (C=O) groups is 3. The van der Waals surface area contributed by atoms with E-state index in [1.807, 2.05) is 0 Å². The third-order valence-corrected chi connectivity index (χ3v) is 6.51. The summed E-state index contributed by atoms with van der Waals surface area (Å²) in [5.74, 6) is -2.33. The highest BCUT2D eigenvalue weighted by molar-refractivity contribution is 5.97. The van der Waals surface area contributed by atoms with E-state index >= 15 is 0 Å². The highest BCUT2D eigenvalue weighted by Gasteiger charge is 2.36. The van der Waals surface area contributed by atoms with Crippen LogP contribution >= 0.6 is 0 Å². The molecule has 0 saturated heterocycles. The first-order valence-electron chi connectivity index (χ1n) is 12.5. The van der Waals surface area contributed by atoms with Crippen molar-refractivity contribution in [3.63, 3.8) is 0 Å². The van der Waals surface area contributed by atoms with Gasteiger partial charge in [0.15, 0.2) is 11.5 Å². The summed E-state index contributed by atoms with van der Waals surface area (Å²) in [5, 5.41) is 2.52. The Bertz CT molecular complexity index is 1090. The zero-order valence-corrected chi connectivity index (χ0v) is 22.8. The maximum Gasteiger partial charge on any atom is 0.328 e. The van der Waals surface area contributed by atoms with Crippen LogP contribution in [0.1, 0.15) is 64.9 Å². The van der Waals surface area contributed by atoms with Gasteiger partial charge in [-0.1, -0.05) is 18.9 Å². The van der Waals surface area contributed by atoms with Crippen LogP contribution in [0.5, 0.6) is 5.75 Å². The minimum absolute atomic E-state index is 0.0919. The lowest BCUT2D eigenvalue weighted by Gasteiger charge is -2.31. The number of nitrogens with one attached hydrogen (secondary N) is 1. The molecule has 38 heavy (non-hydrogen) atoms. The van der Waals surface area contributed by atoms with Gasteiger partial charge < -0.3 is 24.3 Å². The van der Waals surface area contributed by atoms with Crippen molar-refractivity contribution in [2.24, 2.45) is 10.9 Å². The third kappa shape index (κ3) is 7.66. The molecule has 9 nitrogen and oxygen atoms in total. The summed E-state index contributed by atoms with van der Waals surface area (Å²) in [4.78, 5) is 41.3. The number of amides is 1. The van der Waals surface area contributed by atoms with Gasteiger partial charge in [0, 0.05) is 24.5 Å². The van der Waals surface area contributed by atoms with Gasteiger partial charge in [-0.25, -0.2) is 9.18 Å². The van der Waals surface area contributed by atoms with Gasteiger partial charge in [-0.3, -0.25) is 14.6 Å². The average Bonchev–Trinajstić information content (AvgIpc) is 3.40. The molecule has 1 saturated carbocycles. The number of carbonyl (C=O) groups excluding carboxylic acids is 3. The number of hydrogen-bond donors (Lipinski definition) is 1. The van der Waals surface area contributed by atoms with E-state index in [4.69, 9.17) is 18.9 Å². The summed E-state index contributed by atoms with van der Waals surface area (Å²) in [5.41, 5.74) is 0.436. The summed E-state index contributed by atoms with van der Waals surface area (Å²) in [7, 11) is 2.82. The molecule has 0 aromatic heterocycles. The lowest BCUT2D eigenvalue weighted by atomic mass is 9.80. The molecule has 0 unspecified atom stereocenters. The highest BCUT2D eigenvalue weighted by atomic mass is 19.1. The number of benzene rings is 1. The summed E-state index contributed by atoms with van der Waals surface area (Å²) in [6.07, 6.45) is 4.91. The minimum Gasteiger partial charge on any atom is -0.496 e. The van der Waals surface area contributed by atoms with E-state index in [-0.39, 0.29) is 29.1 Å². The number of halogens is 1. The molecule has 0 heterocycles. The maximum atomic E-state index is 13.9. The molecule has 0 radical (unpaired) electrons. The van der Waals surface area contributed by atoms with Crippen LogP contribution in [0.3, 0.4) is 0 Å². The zero-order chi connectivity index (χ0) is 28.4. The van der Waals surface area contributed by atoms with E-state index in [1.165, 1.54) is 46.3 Å².